The molecule has 5 rings (SSSR count). The molecule has 10 nitrogen and oxygen atoms in total. The number of carbonyl (C=O) groups is 2. The van der Waals surface area contributed by atoms with E-state index in [-0.39, 0.29) is 29.0 Å². The molecule has 15 heteroatoms. The van der Waals surface area contributed by atoms with Gasteiger partial charge >= 0.3 is 12.4 Å². The van der Waals surface area contributed by atoms with Gasteiger partial charge in [-0.15, -0.1) is 18.3 Å². The van der Waals surface area contributed by atoms with Crippen LogP contribution in [0, 0.1) is 6.92 Å². The first-order valence-corrected chi connectivity index (χ1v) is 15.1. The molecule has 0 aliphatic carbocycles. The molecule has 1 aliphatic rings. The summed E-state index contributed by atoms with van der Waals surface area (Å²) in [4.78, 5) is 35.6. The van der Waals surface area contributed by atoms with Crippen molar-refractivity contribution >= 4 is 57.5 Å². The standard InChI is InChI=1S/C30H27ClF3N7O3S/c1-3-4-19-6-5-18(2)13-25(19)41-27(42)16-45-29(41)38-28(43)37-24-12-7-20(14-23(24)31)35-15-26-36-17-40(39-26)21-8-10-22(11-9-21)44-30(32,33)34/h5-14,17,35H,3-4,15-16H2,1-2H3,(H,37,43)/b38-29-. The molecule has 1 saturated heterocycles. The number of hydrogen-bond donors (Lipinski definition) is 2. The number of aryl methyl sites for hydroxylation is 2. The molecule has 0 unspecified atom stereocenters. The van der Waals surface area contributed by atoms with Crippen LogP contribution in [0.5, 0.6) is 5.75 Å². The van der Waals surface area contributed by atoms with Crippen LogP contribution in [0.3, 0.4) is 0 Å². The molecule has 2 heterocycles. The highest BCUT2D eigenvalue weighted by atomic mass is 35.5. The summed E-state index contributed by atoms with van der Waals surface area (Å²) < 4.78 is 42.5. The van der Waals surface area contributed by atoms with Crippen molar-refractivity contribution in [1.29, 1.82) is 0 Å². The number of aromatic nitrogens is 3. The molecule has 3 amide bonds. The highest BCUT2D eigenvalue weighted by molar-refractivity contribution is 8.15. The van der Waals surface area contributed by atoms with Crippen LogP contribution in [0.15, 0.2) is 72.0 Å². The maximum absolute atomic E-state index is 12.9. The van der Waals surface area contributed by atoms with Gasteiger partial charge in [0.15, 0.2) is 11.0 Å². The Morgan fingerprint density at radius 3 is 2.62 bits per heavy atom. The third-order valence-electron chi connectivity index (χ3n) is 6.50. The molecule has 1 aliphatic heterocycles. The van der Waals surface area contributed by atoms with E-state index in [2.05, 4.69) is 37.4 Å². The zero-order chi connectivity index (χ0) is 32.1. The van der Waals surface area contributed by atoms with Crippen molar-refractivity contribution in [1.82, 2.24) is 14.8 Å². The van der Waals surface area contributed by atoms with Gasteiger partial charge in [0.05, 0.1) is 34.4 Å². The van der Waals surface area contributed by atoms with Gasteiger partial charge in [-0.3, -0.25) is 9.69 Å². The van der Waals surface area contributed by atoms with Crippen LogP contribution >= 0.6 is 23.4 Å². The number of ether oxygens (including phenoxy) is 1. The summed E-state index contributed by atoms with van der Waals surface area (Å²) >= 11 is 7.64. The second-order valence-electron chi connectivity index (χ2n) is 9.92. The number of halogens is 4. The van der Waals surface area contributed by atoms with Gasteiger partial charge in [0.25, 0.3) is 0 Å². The number of benzene rings is 3. The van der Waals surface area contributed by atoms with E-state index < -0.39 is 12.4 Å². The van der Waals surface area contributed by atoms with Gasteiger partial charge in [-0.05, 0) is 73.0 Å². The quantitative estimate of drug-likeness (QED) is 0.193. The Balaban J connectivity index is 1.21. The summed E-state index contributed by atoms with van der Waals surface area (Å²) in [5, 5.41) is 10.7. The number of thioether (sulfide) groups is 1. The summed E-state index contributed by atoms with van der Waals surface area (Å²) in [5.74, 6) is 0.118. The maximum atomic E-state index is 12.9. The lowest BCUT2D eigenvalue weighted by Crippen LogP contribution is -2.31. The lowest BCUT2D eigenvalue weighted by Gasteiger charge is -2.20. The first-order valence-electron chi connectivity index (χ1n) is 13.7. The topological polar surface area (TPSA) is 114 Å². The zero-order valence-electron chi connectivity index (χ0n) is 24.1. The van der Waals surface area contributed by atoms with E-state index in [9.17, 15) is 22.8 Å². The number of aliphatic imine (C=N–C) groups is 1. The molecule has 0 radical (unpaired) electrons. The second-order valence-corrected chi connectivity index (χ2v) is 11.3. The zero-order valence-corrected chi connectivity index (χ0v) is 25.6. The predicted octanol–water partition coefficient (Wildman–Crippen LogP) is 7.36. The van der Waals surface area contributed by atoms with Crippen molar-refractivity contribution in [2.45, 2.75) is 39.6 Å². The molecule has 0 saturated carbocycles. The Labute approximate surface area is 265 Å². The Bertz CT molecular complexity index is 1750. The van der Waals surface area contributed by atoms with Gasteiger partial charge in [-0.2, -0.15) is 4.99 Å². The Morgan fingerprint density at radius 2 is 1.91 bits per heavy atom. The number of anilines is 3. The van der Waals surface area contributed by atoms with Gasteiger partial charge in [0.2, 0.25) is 5.91 Å². The number of nitrogens with zero attached hydrogens (tertiary/aromatic N) is 5. The average Bonchev–Trinajstić information content (AvgIpc) is 3.60. The van der Waals surface area contributed by atoms with Crippen LogP contribution < -0.4 is 20.3 Å². The van der Waals surface area contributed by atoms with E-state index in [1.807, 2.05) is 25.1 Å². The fraction of sp³-hybridized carbons (Fsp3) is 0.233. The van der Waals surface area contributed by atoms with Crippen LogP contribution in [0.25, 0.3) is 5.69 Å². The molecule has 1 aromatic heterocycles. The number of rotatable bonds is 9. The van der Waals surface area contributed by atoms with Crippen LogP contribution in [0.1, 0.15) is 30.3 Å². The van der Waals surface area contributed by atoms with Crippen LogP contribution in [0.4, 0.5) is 35.0 Å². The lowest BCUT2D eigenvalue weighted by molar-refractivity contribution is -0.274. The number of amides is 3. The molecule has 3 aromatic carbocycles. The van der Waals surface area contributed by atoms with Crippen molar-refractivity contribution in [3.63, 3.8) is 0 Å². The summed E-state index contributed by atoms with van der Waals surface area (Å²) in [5.41, 5.74) is 4.20. The third kappa shape index (κ3) is 8.13. The van der Waals surface area contributed by atoms with Gasteiger partial charge in [-0.1, -0.05) is 48.8 Å². The van der Waals surface area contributed by atoms with Crippen LogP contribution in [-0.2, 0) is 17.8 Å². The Hall–Kier alpha value is -4.56. The van der Waals surface area contributed by atoms with Crippen molar-refractivity contribution < 1.29 is 27.5 Å². The summed E-state index contributed by atoms with van der Waals surface area (Å²) in [6.45, 7) is 4.23. The summed E-state index contributed by atoms with van der Waals surface area (Å²) in [7, 11) is 0. The largest absolute Gasteiger partial charge is 0.573 e. The third-order valence-corrected chi connectivity index (χ3v) is 7.74. The number of hydrogen-bond acceptors (Lipinski definition) is 7. The Morgan fingerprint density at radius 1 is 1.13 bits per heavy atom. The van der Waals surface area contributed by atoms with E-state index in [0.717, 1.165) is 29.7 Å². The van der Waals surface area contributed by atoms with E-state index in [0.29, 0.717) is 28.1 Å². The van der Waals surface area contributed by atoms with Crippen LogP contribution in [-0.4, -0.2) is 44.0 Å². The molecule has 0 spiro atoms. The minimum Gasteiger partial charge on any atom is -0.406 e. The van der Waals surface area contributed by atoms with Crippen molar-refractivity contribution in [2.75, 3.05) is 21.3 Å². The fourth-order valence-electron chi connectivity index (χ4n) is 4.49. The predicted molar refractivity (Wildman–Crippen MR) is 168 cm³/mol. The lowest BCUT2D eigenvalue weighted by atomic mass is 10.0. The highest BCUT2D eigenvalue weighted by Gasteiger charge is 2.32. The minimum atomic E-state index is -4.77. The van der Waals surface area contributed by atoms with E-state index in [1.165, 1.54) is 51.9 Å². The van der Waals surface area contributed by atoms with Crippen LogP contribution in [0.2, 0.25) is 5.02 Å². The highest BCUT2D eigenvalue weighted by Crippen LogP contribution is 2.32. The molecular weight excluding hydrogens is 631 g/mol. The Kier molecular flexibility index (Phi) is 9.63. The molecular formula is C30H27ClF3N7O3S. The smallest absolute Gasteiger partial charge is 0.406 e. The van der Waals surface area contributed by atoms with E-state index >= 15 is 0 Å². The molecule has 234 valence electrons. The maximum Gasteiger partial charge on any atom is 0.573 e. The first kappa shape index (κ1) is 31.9. The van der Waals surface area contributed by atoms with Crippen molar-refractivity contribution in [2.24, 2.45) is 4.99 Å². The fourth-order valence-corrected chi connectivity index (χ4v) is 5.57. The molecule has 45 heavy (non-hydrogen) atoms. The first-order chi connectivity index (χ1) is 21.5. The molecule has 1 fully saturated rings. The monoisotopic (exact) mass is 657 g/mol. The van der Waals surface area contributed by atoms with Gasteiger partial charge < -0.3 is 15.4 Å². The van der Waals surface area contributed by atoms with E-state index in [1.54, 1.807) is 18.2 Å². The number of urea groups is 1. The van der Waals surface area contributed by atoms with Gasteiger partial charge in [0.1, 0.15) is 12.1 Å². The molecule has 0 atom stereocenters. The van der Waals surface area contributed by atoms with Gasteiger partial charge in [-0.25, -0.2) is 14.5 Å². The normalized spacial score (nSPS) is 14.2. The summed E-state index contributed by atoms with van der Waals surface area (Å²) in [6.07, 6.45) is -1.64. The number of amidine groups is 1. The molecule has 4 aromatic rings. The summed E-state index contributed by atoms with van der Waals surface area (Å²) in [6, 6.07) is 15.4. The minimum absolute atomic E-state index is 0.143. The number of carbonyl (C=O) groups excluding carboxylic acids is 2. The number of nitrogens with one attached hydrogen (secondary N) is 2. The second kappa shape index (κ2) is 13.6. The van der Waals surface area contributed by atoms with Gasteiger partial charge in [0, 0.05) is 5.69 Å². The van der Waals surface area contributed by atoms with Crippen molar-refractivity contribution in [3.8, 4) is 11.4 Å². The molecule has 0 bridgehead atoms. The van der Waals surface area contributed by atoms with Crippen molar-refractivity contribution in [3.05, 3.63) is 89.0 Å². The SMILES string of the molecule is CCCc1ccc(C)cc1N1C(=O)CS/C1=N\C(=O)Nc1ccc(NCc2ncn(-c3ccc(OC(F)(F)F)cc3)n2)cc1Cl. The average molecular weight is 658 g/mol. The molecule has 2 N–H and O–H groups in total. The number of alkyl halides is 3. The van der Waals surface area contributed by atoms with E-state index in [4.69, 9.17) is 11.6 Å².